The fourth-order valence-corrected chi connectivity index (χ4v) is 4.68. The quantitative estimate of drug-likeness (QED) is 0.696. The van der Waals surface area contributed by atoms with E-state index < -0.39 is 5.41 Å². The summed E-state index contributed by atoms with van der Waals surface area (Å²) in [5, 5.41) is 2.03. The molecule has 1 atom stereocenters. The first-order chi connectivity index (χ1) is 14.2. The van der Waals surface area contributed by atoms with Gasteiger partial charge in [-0.1, -0.05) is 32.9 Å². The topological polar surface area (TPSA) is 49.9 Å². The van der Waals surface area contributed by atoms with E-state index in [-0.39, 0.29) is 30.2 Å². The average molecular weight is 433 g/mol. The molecule has 0 aliphatic carbocycles. The normalized spacial score (nSPS) is 16.3. The molecule has 0 N–H and O–H groups in total. The largest absolute Gasteiger partial charge is 0.383 e. The third-order valence-corrected chi connectivity index (χ3v) is 6.29. The zero-order valence-electron chi connectivity index (χ0n) is 18.0. The molecular weight excluding hydrogens is 403 g/mol. The minimum absolute atomic E-state index is 0.00334. The van der Waals surface area contributed by atoms with E-state index in [1.54, 1.807) is 35.5 Å². The molecule has 0 bridgehead atoms. The number of hydrogen-bond acceptors (Lipinski definition) is 4. The Hall–Kier alpha value is -2.25. The van der Waals surface area contributed by atoms with Crippen molar-refractivity contribution in [2.75, 3.05) is 33.4 Å². The number of benzene rings is 1. The molecule has 0 fully saturated rings. The minimum Gasteiger partial charge on any atom is -0.383 e. The van der Waals surface area contributed by atoms with Crippen LogP contribution in [0.2, 0.25) is 0 Å². The second-order valence-corrected chi connectivity index (χ2v) is 9.56. The van der Waals surface area contributed by atoms with Gasteiger partial charge < -0.3 is 14.5 Å². The smallest absolute Gasteiger partial charge is 0.242 e. The van der Waals surface area contributed by atoms with Gasteiger partial charge in [-0.2, -0.15) is 0 Å². The molecule has 0 saturated heterocycles. The van der Waals surface area contributed by atoms with E-state index >= 15 is 0 Å². The molecule has 2 heterocycles. The van der Waals surface area contributed by atoms with Crippen LogP contribution in [0.25, 0.3) is 0 Å². The number of carbonyl (C=O) groups excluding carboxylic acids is 2. The van der Waals surface area contributed by atoms with Crippen LogP contribution >= 0.6 is 11.3 Å². The Kier molecular flexibility index (Phi) is 6.93. The van der Waals surface area contributed by atoms with Gasteiger partial charge in [-0.25, -0.2) is 4.39 Å². The first-order valence-electron chi connectivity index (χ1n) is 10.1. The predicted octanol–water partition coefficient (Wildman–Crippen LogP) is 3.88. The molecule has 162 valence electrons. The number of ether oxygens (including phenoxy) is 1. The van der Waals surface area contributed by atoms with Gasteiger partial charge in [0.15, 0.2) is 0 Å². The van der Waals surface area contributed by atoms with Crippen molar-refractivity contribution < 1.29 is 18.7 Å². The molecule has 30 heavy (non-hydrogen) atoms. The van der Waals surface area contributed by atoms with Crippen LogP contribution in [0.4, 0.5) is 4.39 Å². The molecule has 1 aliphatic heterocycles. The minimum atomic E-state index is -0.590. The number of methoxy groups -OCH3 is 1. The lowest BCUT2D eigenvalue weighted by Gasteiger charge is -2.38. The second kappa shape index (κ2) is 9.27. The molecule has 1 aliphatic rings. The van der Waals surface area contributed by atoms with Crippen molar-refractivity contribution in [1.29, 1.82) is 0 Å². The average Bonchev–Trinajstić information content (AvgIpc) is 3.18. The van der Waals surface area contributed by atoms with E-state index in [0.717, 1.165) is 17.5 Å². The maximum Gasteiger partial charge on any atom is 0.242 e. The van der Waals surface area contributed by atoms with Crippen LogP contribution < -0.4 is 0 Å². The molecule has 2 amide bonds. The van der Waals surface area contributed by atoms with E-state index in [1.807, 2.05) is 37.1 Å². The van der Waals surface area contributed by atoms with E-state index in [0.29, 0.717) is 19.7 Å². The van der Waals surface area contributed by atoms with Crippen molar-refractivity contribution in [1.82, 2.24) is 9.80 Å². The Balaban J connectivity index is 1.88. The molecule has 7 heteroatoms. The van der Waals surface area contributed by atoms with Gasteiger partial charge in [0.05, 0.1) is 19.2 Å². The summed E-state index contributed by atoms with van der Waals surface area (Å²) in [5.74, 6) is -0.506. The maximum absolute atomic E-state index is 13.5. The Bertz CT molecular complexity index is 889. The van der Waals surface area contributed by atoms with Crippen LogP contribution in [-0.2, 0) is 20.7 Å². The van der Waals surface area contributed by atoms with Crippen LogP contribution in [-0.4, -0.2) is 55.0 Å². The van der Waals surface area contributed by atoms with Crippen LogP contribution in [0.5, 0.6) is 0 Å². The molecule has 2 aromatic rings. The summed E-state index contributed by atoms with van der Waals surface area (Å²) >= 11 is 1.68. The van der Waals surface area contributed by atoms with E-state index in [2.05, 4.69) is 0 Å². The Morgan fingerprint density at radius 3 is 2.57 bits per heavy atom. The number of rotatable bonds is 6. The molecule has 1 aromatic heterocycles. The predicted molar refractivity (Wildman–Crippen MR) is 116 cm³/mol. The zero-order chi connectivity index (χ0) is 21.9. The highest BCUT2D eigenvalue weighted by Crippen LogP contribution is 2.38. The highest BCUT2D eigenvalue weighted by Gasteiger charge is 2.35. The van der Waals surface area contributed by atoms with Crippen molar-refractivity contribution in [3.8, 4) is 0 Å². The number of fused-ring (bicyclic) bond motifs is 1. The SMILES string of the molecule is COCCN(CC(=O)N1CCc2sccc2C1c1ccc(F)cc1)C(=O)C(C)(C)C. The number of hydrogen-bond donors (Lipinski definition) is 0. The third-order valence-electron chi connectivity index (χ3n) is 5.29. The number of amides is 2. The molecule has 1 unspecified atom stereocenters. The summed E-state index contributed by atoms with van der Waals surface area (Å²) in [7, 11) is 1.58. The fraction of sp³-hybridized carbons (Fsp3) is 0.478. The number of nitrogens with zero attached hydrogens (tertiary/aromatic N) is 2. The lowest BCUT2D eigenvalue weighted by Crippen LogP contribution is -2.49. The molecular formula is C23H29FN2O3S. The van der Waals surface area contributed by atoms with Crippen molar-refractivity contribution >= 4 is 23.2 Å². The van der Waals surface area contributed by atoms with Crippen LogP contribution in [0.3, 0.4) is 0 Å². The highest BCUT2D eigenvalue weighted by molar-refractivity contribution is 7.10. The lowest BCUT2D eigenvalue weighted by atomic mass is 9.92. The zero-order valence-corrected chi connectivity index (χ0v) is 18.8. The monoisotopic (exact) mass is 432 g/mol. The van der Waals surface area contributed by atoms with Gasteiger partial charge in [0.1, 0.15) is 5.82 Å². The molecule has 1 aromatic carbocycles. The summed E-state index contributed by atoms with van der Waals surface area (Å²) in [6.07, 6.45) is 0.779. The van der Waals surface area contributed by atoms with Gasteiger partial charge in [-0.15, -0.1) is 11.3 Å². The van der Waals surface area contributed by atoms with Crippen LogP contribution in [0.15, 0.2) is 35.7 Å². The Labute approximate surface area is 181 Å². The van der Waals surface area contributed by atoms with Gasteiger partial charge in [0.25, 0.3) is 0 Å². The molecule has 0 saturated carbocycles. The molecule has 5 nitrogen and oxygen atoms in total. The standard InChI is InChI=1S/C23H29FN2O3S/c1-23(2,3)22(28)25(12-13-29-4)15-20(27)26-11-9-19-18(10-14-30-19)21(26)16-5-7-17(24)8-6-16/h5-8,10,14,21H,9,11-13,15H2,1-4H3. The second-order valence-electron chi connectivity index (χ2n) is 8.56. The summed E-state index contributed by atoms with van der Waals surface area (Å²) in [4.78, 5) is 30.9. The first-order valence-corrected chi connectivity index (χ1v) is 11.0. The van der Waals surface area contributed by atoms with Crippen molar-refractivity contribution in [2.24, 2.45) is 5.41 Å². The summed E-state index contributed by atoms with van der Waals surface area (Å²) in [5.41, 5.74) is 1.36. The fourth-order valence-electron chi connectivity index (χ4n) is 3.77. The first kappa shape index (κ1) is 22.4. The molecule has 0 radical (unpaired) electrons. The van der Waals surface area contributed by atoms with Crippen LogP contribution in [0.1, 0.15) is 42.8 Å². The van der Waals surface area contributed by atoms with E-state index in [1.165, 1.54) is 17.0 Å². The van der Waals surface area contributed by atoms with E-state index in [4.69, 9.17) is 4.74 Å². The van der Waals surface area contributed by atoms with E-state index in [9.17, 15) is 14.0 Å². The third kappa shape index (κ3) is 4.90. The Morgan fingerprint density at radius 1 is 1.23 bits per heavy atom. The van der Waals surface area contributed by atoms with Crippen LogP contribution in [0, 0.1) is 11.2 Å². The summed E-state index contributed by atoms with van der Waals surface area (Å²) in [6, 6.07) is 8.07. The van der Waals surface area contributed by atoms with Gasteiger partial charge in [0.2, 0.25) is 11.8 Å². The van der Waals surface area contributed by atoms with Crippen molar-refractivity contribution in [3.63, 3.8) is 0 Å². The van der Waals surface area contributed by atoms with Gasteiger partial charge >= 0.3 is 0 Å². The number of thiophene rings is 1. The van der Waals surface area contributed by atoms with Gasteiger partial charge in [0, 0.05) is 30.5 Å². The molecule has 0 spiro atoms. The number of halogens is 1. The van der Waals surface area contributed by atoms with Gasteiger partial charge in [-0.3, -0.25) is 9.59 Å². The van der Waals surface area contributed by atoms with Crippen molar-refractivity contribution in [2.45, 2.75) is 33.2 Å². The summed E-state index contributed by atoms with van der Waals surface area (Å²) in [6.45, 7) is 6.83. The number of carbonyl (C=O) groups is 2. The van der Waals surface area contributed by atoms with Gasteiger partial charge in [-0.05, 0) is 41.1 Å². The highest BCUT2D eigenvalue weighted by atomic mass is 32.1. The molecule has 3 rings (SSSR count). The van der Waals surface area contributed by atoms with Crippen molar-refractivity contribution in [3.05, 3.63) is 57.5 Å². The lowest BCUT2D eigenvalue weighted by molar-refractivity contribution is -0.147. The maximum atomic E-state index is 13.5. The Morgan fingerprint density at radius 2 is 1.93 bits per heavy atom. The summed E-state index contributed by atoms with van der Waals surface area (Å²) < 4.78 is 18.6.